The number of anilines is 1. The van der Waals surface area contributed by atoms with Gasteiger partial charge in [-0.1, -0.05) is 6.07 Å². The Hall–Kier alpha value is -2.59. The normalized spacial score (nSPS) is 20.4. The standard InChI is InChI=1S/C22H25N5O3S/c28-22-19(18-6-3-9-24-21(18)25-22)14-15-7-8-20(17-5-2-1-4-16(15)17)31(29,30)26-27-12-10-23-11-13-27/h3,6-9,14,23,26H,1-2,4-5,10-13H2,(H,24,25,28). The van der Waals surface area contributed by atoms with Gasteiger partial charge in [0.25, 0.3) is 15.9 Å². The molecule has 2 aromatic rings. The molecule has 162 valence electrons. The average Bonchev–Trinajstić information content (AvgIpc) is 3.09. The van der Waals surface area contributed by atoms with Crippen LogP contribution < -0.4 is 15.5 Å². The minimum Gasteiger partial charge on any atom is -0.314 e. The highest BCUT2D eigenvalue weighted by Crippen LogP contribution is 2.35. The number of rotatable bonds is 4. The van der Waals surface area contributed by atoms with Crippen LogP contribution in [0.2, 0.25) is 0 Å². The van der Waals surface area contributed by atoms with E-state index in [1.807, 2.05) is 18.2 Å². The zero-order valence-corrected chi connectivity index (χ0v) is 18.0. The summed E-state index contributed by atoms with van der Waals surface area (Å²) in [6.07, 6.45) is 6.99. The Morgan fingerprint density at radius 1 is 1.06 bits per heavy atom. The number of hydrogen-bond donors (Lipinski definition) is 3. The van der Waals surface area contributed by atoms with Crippen LogP contribution in [0.25, 0.3) is 11.6 Å². The number of amides is 1. The molecule has 5 rings (SSSR count). The van der Waals surface area contributed by atoms with Crippen molar-refractivity contribution in [2.24, 2.45) is 0 Å². The summed E-state index contributed by atoms with van der Waals surface area (Å²) >= 11 is 0. The van der Waals surface area contributed by atoms with Crippen molar-refractivity contribution in [2.45, 2.75) is 30.6 Å². The summed E-state index contributed by atoms with van der Waals surface area (Å²) in [4.78, 5) is 19.8. The number of sulfonamides is 1. The Morgan fingerprint density at radius 3 is 2.65 bits per heavy atom. The molecule has 31 heavy (non-hydrogen) atoms. The minimum atomic E-state index is -3.67. The molecule has 3 aliphatic rings. The summed E-state index contributed by atoms with van der Waals surface area (Å²) in [5.74, 6) is 0.377. The van der Waals surface area contributed by atoms with Gasteiger partial charge >= 0.3 is 0 Å². The molecule has 1 amide bonds. The number of benzene rings is 1. The second-order valence-electron chi connectivity index (χ2n) is 8.06. The van der Waals surface area contributed by atoms with Crippen molar-refractivity contribution < 1.29 is 13.2 Å². The molecule has 0 unspecified atom stereocenters. The fraction of sp³-hybridized carbons (Fsp3) is 0.364. The van der Waals surface area contributed by atoms with E-state index >= 15 is 0 Å². The predicted molar refractivity (Wildman–Crippen MR) is 119 cm³/mol. The van der Waals surface area contributed by atoms with Gasteiger partial charge in [0.2, 0.25) is 0 Å². The van der Waals surface area contributed by atoms with Crippen LogP contribution in [0.3, 0.4) is 0 Å². The first-order valence-corrected chi connectivity index (χ1v) is 12.1. The number of hydrazine groups is 1. The monoisotopic (exact) mass is 439 g/mol. The lowest BCUT2D eigenvalue weighted by atomic mass is 9.87. The van der Waals surface area contributed by atoms with Crippen molar-refractivity contribution >= 4 is 33.4 Å². The van der Waals surface area contributed by atoms with E-state index < -0.39 is 10.0 Å². The highest BCUT2D eigenvalue weighted by molar-refractivity contribution is 7.89. The van der Waals surface area contributed by atoms with Gasteiger partial charge in [0.15, 0.2) is 0 Å². The smallest absolute Gasteiger partial charge is 0.257 e. The van der Waals surface area contributed by atoms with Gasteiger partial charge in [-0.15, -0.1) is 4.83 Å². The van der Waals surface area contributed by atoms with Crippen molar-refractivity contribution in [3.05, 3.63) is 52.7 Å². The molecule has 0 atom stereocenters. The maximum atomic E-state index is 13.2. The maximum Gasteiger partial charge on any atom is 0.257 e. The molecule has 0 saturated carbocycles. The van der Waals surface area contributed by atoms with Crippen molar-refractivity contribution in [1.29, 1.82) is 0 Å². The van der Waals surface area contributed by atoms with E-state index in [0.717, 1.165) is 54.6 Å². The zero-order chi connectivity index (χ0) is 21.4. The molecule has 1 aromatic heterocycles. The lowest BCUT2D eigenvalue weighted by Gasteiger charge is -2.28. The summed E-state index contributed by atoms with van der Waals surface area (Å²) in [7, 11) is -3.67. The second-order valence-corrected chi connectivity index (χ2v) is 9.69. The first-order valence-electron chi connectivity index (χ1n) is 10.6. The molecule has 1 saturated heterocycles. The predicted octanol–water partition coefficient (Wildman–Crippen LogP) is 1.55. The maximum absolute atomic E-state index is 13.2. The van der Waals surface area contributed by atoms with Crippen LogP contribution in [-0.4, -0.2) is 50.5 Å². The Balaban J connectivity index is 1.54. The van der Waals surface area contributed by atoms with Crippen LogP contribution in [0.15, 0.2) is 35.4 Å². The number of nitrogens with one attached hydrogen (secondary N) is 3. The van der Waals surface area contributed by atoms with Gasteiger partial charge in [-0.3, -0.25) is 4.79 Å². The molecule has 0 spiro atoms. The zero-order valence-electron chi connectivity index (χ0n) is 17.1. The summed E-state index contributed by atoms with van der Waals surface area (Å²) in [5, 5.41) is 7.77. The van der Waals surface area contributed by atoms with Gasteiger partial charge in [-0.25, -0.2) is 18.4 Å². The summed E-state index contributed by atoms with van der Waals surface area (Å²) in [6.45, 7) is 2.78. The highest BCUT2D eigenvalue weighted by atomic mass is 32.2. The number of pyridine rings is 1. The van der Waals surface area contributed by atoms with Gasteiger partial charge in [0.1, 0.15) is 5.82 Å². The number of hydrogen-bond acceptors (Lipinski definition) is 6. The van der Waals surface area contributed by atoms with Gasteiger partial charge in [-0.05, 0) is 66.6 Å². The average molecular weight is 440 g/mol. The van der Waals surface area contributed by atoms with Crippen LogP contribution in [0.5, 0.6) is 0 Å². The first kappa shape index (κ1) is 20.3. The molecule has 1 fully saturated rings. The molecule has 1 aliphatic carbocycles. The molecule has 3 heterocycles. The SMILES string of the molecule is O=C1Nc2ncccc2C1=Cc1ccc(S(=O)(=O)NN2CCNCC2)c2c1CCCC2. The van der Waals surface area contributed by atoms with Crippen molar-refractivity contribution in [2.75, 3.05) is 31.5 Å². The molecule has 9 heteroatoms. The fourth-order valence-corrected chi connectivity index (χ4v) is 5.96. The van der Waals surface area contributed by atoms with Gasteiger partial charge < -0.3 is 10.6 Å². The van der Waals surface area contributed by atoms with Gasteiger partial charge in [0, 0.05) is 37.9 Å². The number of carbonyl (C=O) groups excluding carboxylic acids is 1. The second kappa shape index (κ2) is 8.16. The topological polar surface area (TPSA) is 103 Å². The van der Waals surface area contributed by atoms with Crippen molar-refractivity contribution in [1.82, 2.24) is 20.1 Å². The number of nitrogens with zero attached hydrogens (tertiary/aromatic N) is 2. The van der Waals surface area contributed by atoms with Crippen LogP contribution in [0, 0.1) is 0 Å². The van der Waals surface area contributed by atoms with Crippen LogP contribution >= 0.6 is 0 Å². The first-order chi connectivity index (χ1) is 15.0. The molecular weight excluding hydrogens is 414 g/mol. The third kappa shape index (κ3) is 3.89. The Labute approximate surface area is 181 Å². The van der Waals surface area contributed by atoms with Gasteiger partial charge in [0.05, 0.1) is 10.5 Å². The minimum absolute atomic E-state index is 0.185. The fourth-order valence-electron chi connectivity index (χ4n) is 4.54. The summed E-state index contributed by atoms with van der Waals surface area (Å²) in [5.41, 5.74) is 4.12. The van der Waals surface area contributed by atoms with Crippen molar-refractivity contribution in [3.63, 3.8) is 0 Å². The van der Waals surface area contributed by atoms with E-state index in [0.29, 0.717) is 35.8 Å². The summed E-state index contributed by atoms with van der Waals surface area (Å²) < 4.78 is 26.4. The molecule has 3 N–H and O–H groups in total. The van der Waals surface area contributed by atoms with Crippen molar-refractivity contribution in [3.8, 4) is 0 Å². The number of aromatic nitrogens is 1. The van der Waals surface area contributed by atoms with Crippen LogP contribution in [0.1, 0.15) is 35.1 Å². The molecular formula is C22H25N5O3S. The number of piperazine rings is 1. The molecule has 0 radical (unpaired) electrons. The lowest BCUT2D eigenvalue weighted by molar-refractivity contribution is -0.110. The van der Waals surface area contributed by atoms with E-state index in [4.69, 9.17) is 0 Å². The quantitative estimate of drug-likeness (QED) is 0.625. The van der Waals surface area contributed by atoms with Gasteiger partial charge in [-0.2, -0.15) is 0 Å². The Morgan fingerprint density at radius 2 is 1.84 bits per heavy atom. The molecule has 2 aliphatic heterocycles. The lowest BCUT2D eigenvalue weighted by Crippen LogP contribution is -2.52. The third-order valence-electron chi connectivity index (χ3n) is 6.06. The third-order valence-corrected chi connectivity index (χ3v) is 7.52. The van der Waals surface area contributed by atoms with E-state index in [1.54, 1.807) is 23.3 Å². The van der Waals surface area contributed by atoms with E-state index in [1.165, 1.54) is 0 Å². The van der Waals surface area contributed by atoms with E-state index in [2.05, 4.69) is 20.4 Å². The molecule has 0 bridgehead atoms. The van der Waals surface area contributed by atoms with E-state index in [9.17, 15) is 13.2 Å². The number of fused-ring (bicyclic) bond motifs is 2. The summed E-state index contributed by atoms with van der Waals surface area (Å²) in [6, 6.07) is 7.18. The van der Waals surface area contributed by atoms with Crippen LogP contribution in [-0.2, 0) is 27.7 Å². The Kier molecular flexibility index (Phi) is 5.35. The molecule has 1 aromatic carbocycles. The largest absolute Gasteiger partial charge is 0.314 e. The van der Waals surface area contributed by atoms with E-state index in [-0.39, 0.29) is 5.91 Å². The van der Waals surface area contributed by atoms with Crippen LogP contribution in [0.4, 0.5) is 5.82 Å². The number of carbonyl (C=O) groups is 1. The highest BCUT2D eigenvalue weighted by Gasteiger charge is 2.28. The Bertz CT molecular complexity index is 1170. The molecule has 8 nitrogen and oxygen atoms in total.